The molecule has 0 aliphatic carbocycles. The van der Waals surface area contributed by atoms with Gasteiger partial charge in [-0.3, -0.25) is 5.43 Å². The molecule has 104 valence electrons. The van der Waals surface area contributed by atoms with E-state index in [1.165, 1.54) is 16.7 Å². The van der Waals surface area contributed by atoms with Gasteiger partial charge in [0.15, 0.2) is 5.11 Å². The SMILES string of the molecule is CCCCNC(=S)N/N=C\c1cc(C)c(C)cc1C. The standard InChI is InChI=1S/C15H23N3S/c1-5-6-7-16-15(19)18-17-10-14-9-12(3)11(2)8-13(14)4/h8-10H,5-7H2,1-4H3,(H2,16,18,19)/b17-10-. The van der Waals surface area contributed by atoms with Gasteiger partial charge in [-0.15, -0.1) is 0 Å². The van der Waals surface area contributed by atoms with E-state index in [0.29, 0.717) is 5.11 Å². The molecule has 0 unspecified atom stereocenters. The predicted molar refractivity (Wildman–Crippen MR) is 86.9 cm³/mol. The first-order chi connectivity index (χ1) is 9.04. The van der Waals surface area contributed by atoms with Crippen LogP contribution in [0.1, 0.15) is 42.0 Å². The monoisotopic (exact) mass is 277 g/mol. The van der Waals surface area contributed by atoms with Crippen molar-refractivity contribution in [2.24, 2.45) is 5.10 Å². The fourth-order valence-corrected chi connectivity index (χ4v) is 1.86. The lowest BCUT2D eigenvalue weighted by atomic mass is 10.0. The van der Waals surface area contributed by atoms with E-state index in [4.69, 9.17) is 12.2 Å². The molecule has 0 bridgehead atoms. The fraction of sp³-hybridized carbons (Fsp3) is 0.467. The Morgan fingerprint density at radius 2 is 1.89 bits per heavy atom. The Morgan fingerprint density at radius 1 is 1.21 bits per heavy atom. The molecule has 3 nitrogen and oxygen atoms in total. The highest BCUT2D eigenvalue weighted by Crippen LogP contribution is 2.13. The van der Waals surface area contributed by atoms with Gasteiger partial charge in [-0.25, -0.2) is 0 Å². The summed E-state index contributed by atoms with van der Waals surface area (Å²) in [6.07, 6.45) is 4.08. The number of aryl methyl sites for hydroxylation is 3. The molecule has 0 spiro atoms. The van der Waals surface area contributed by atoms with Crippen LogP contribution in [0.3, 0.4) is 0 Å². The summed E-state index contributed by atoms with van der Waals surface area (Å²) in [6.45, 7) is 9.36. The summed E-state index contributed by atoms with van der Waals surface area (Å²) in [6, 6.07) is 4.32. The van der Waals surface area contributed by atoms with E-state index >= 15 is 0 Å². The number of hydrazone groups is 1. The Hall–Kier alpha value is -1.42. The van der Waals surface area contributed by atoms with Gasteiger partial charge in [0.2, 0.25) is 0 Å². The average molecular weight is 277 g/mol. The molecular weight excluding hydrogens is 254 g/mol. The first-order valence-electron chi connectivity index (χ1n) is 6.69. The highest BCUT2D eigenvalue weighted by Gasteiger charge is 1.99. The smallest absolute Gasteiger partial charge is 0.186 e. The molecule has 0 atom stereocenters. The molecule has 0 saturated heterocycles. The van der Waals surface area contributed by atoms with E-state index in [1.807, 2.05) is 6.21 Å². The number of rotatable bonds is 5. The summed E-state index contributed by atoms with van der Waals surface area (Å²) in [7, 11) is 0. The Balaban J connectivity index is 2.53. The molecule has 1 aromatic carbocycles. The zero-order chi connectivity index (χ0) is 14.3. The van der Waals surface area contributed by atoms with Gasteiger partial charge in [-0.2, -0.15) is 5.10 Å². The van der Waals surface area contributed by atoms with Gasteiger partial charge in [-0.1, -0.05) is 19.4 Å². The predicted octanol–water partition coefficient (Wildman–Crippen LogP) is 3.21. The van der Waals surface area contributed by atoms with Gasteiger partial charge < -0.3 is 5.32 Å². The van der Waals surface area contributed by atoms with Crippen molar-refractivity contribution in [2.75, 3.05) is 6.54 Å². The van der Waals surface area contributed by atoms with Crippen LogP contribution in [0.5, 0.6) is 0 Å². The summed E-state index contributed by atoms with van der Waals surface area (Å²) in [5.74, 6) is 0. The normalized spacial score (nSPS) is 10.7. The maximum Gasteiger partial charge on any atom is 0.186 e. The van der Waals surface area contributed by atoms with Crippen LogP contribution in [0.4, 0.5) is 0 Å². The molecule has 0 aliphatic heterocycles. The van der Waals surface area contributed by atoms with Crippen molar-refractivity contribution in [1.29, 1.82) is 0 Å². The van der Waals surface area contributed by atoms with Gasteiger partial charge in [0.05, 0.1) is 6.21 Å². The van der Waals surface area contributed by atoms with Crippen LogP contribution in [0, 0.1) is 20.8 Å². The number of benzene rings is 1. The van der Waals surface area contributed by atoms with Crippen molar-refractivity contribution in [3.63, 3.8) is 0 Å². The van der Waals surface area contributed by atoms with Crippen LogP contribution in [-0.2, 0) is 0 Å². The molecule has 0 aromatic heterocycles. The lowest BCUT2D eigenvalue weighted by molar-refractivity contribution is 0.745. The number of nitrogens with one attached hydrogen (secondary N) is 2. The van der Waals surface area contributed by atoms with Crippen molar-refractivity contribution >= 4 is 23.5 Å². The van der Waals surface area contributed by atoms with Crippen molar-refractivity contribution in [2.45, 2.75) is 40.5 Å². The molecule has 1 rings (SSSR count). The largest absolute Gasteiger partial charge is 0.361 e. The van der Waals surface area contributed by atoms with Gasteiger partial charge in [-0.05, 0) is 67.7 Å². The lowest BCUT2D eigenvalue weighted by Gasteiger charge is -2.07. The zero-order valence-corrected chi connectivity index (χ0v) is 13.0. The first kappa shape index (κ1) is 15.6. The number of nitrogens with zero attached hydrogens (tertiary/aromatic N) is 1. The maximum absolute atomic E-state index is 5.13. The number of hydrogen-bond donors (Lipinski definition) is 2. The Morgan fingerprint density at radius 3 is 2.58 bits per heavy atom. The van der Waals surface area contributed by atoms with E-state index in [-0.39, 0.29) is 0 Å². The quantitative estimate of drug-likeness (QED) is 0.375. The molecule has 4 heteroatoms. The van der Waals surface area contributed by atoms with Crippen LogP contribution in [0.25, 0.3) is 0 Å². The van der Waals surface area contributed by atoms with Crippen LogP contribution < -0.4 is 10.7 Å². The third kappa shape index (κ3) is 5.39. The summed E-state index contributed by atoms with van der Waals surface area (Å²) in [5.41, 5.74) is 7.76. The molecule has 0 radical (unpaired) electrons. The van der Waals surface area contributed by atoms with Crippen molar-refractivity contribution < 1.29 is 0 Å². The minimum absolute atomic E-state index is 0.575. The maximum atomic E-state index is 5.13. The summed E-state index contributed by atoms with van der Waals surface area (Å²) >= 11 is 5.13. The summed E-state index contributed by atoms with van der Waals surface area (Å²) < 4.78 is 0. The van der Waals surface area contributed by atoms with Crippen LogP contribution >= 0.6 is 12.2 Å². The van der Waals surface area contributed by atoms with Crippen LogP contribution in [-0.4, -0.2) is 17.9 Å². The zero-order valence-electron chi connectivity index (χ0n) is 12.2. The molecule has 0 aliphatic rings. The van der Waals surface area contributed by atoms with Gasteiger partial charge in [0, 0.05) is 6.54 Å². The number of hydrogen-bond acceptors (Lipinski definition) is 2. The summed E-state index contributed by atoms with van der Waals surface area (Å²) in [4.78, 5) is 0. The molecular formula is C15H23N3S. The molecule has 0 heterocycles. The van der Waals surface area contributed by atoms with E-state index in [9.17, 15) is 0 Å². The Bertz CT molecular complexity index is 467. The van der Waals surface area contributed by atoms with Crippen LogP contribution in [0.15, 0.2) is 17.2 Å². The second kappa shape index (κ2) is 7.89. The number of unbranched alkanes of at least 4 members (excludes halogenated alkanes) is 1. The minimum Gasteiger partial charge on any atom is -0.361 e. The molecule has 19 heavy (non-hydrogen) atoms. The van der Waals surface area contributed by atoms with E-state index in [0.717, 1.165) is 24.9 Å². The topological polar surface area (TPSA) is 36.4 Å². The van der Waals surface area contributed by atoms with E-state index in [2.05, 4.69) is 55.7 Å². The highest BCUT2D eigenvalue weighted by molar-refractivity contribution is 7.80. The first-order valence-corrected chi connectivity index (χ1v) is 7.10. The third-order valence-electron chi connectivity index (χ3n) is 3.07. The van der Waals surface area contributed by atoms with Gasteiger partial charge in [0.1, 0.15) is 0 Å². The average Bonchev–Trinajstić information content (AvgIpc) is 2.36. The second-order valence-corrected chi connectivity index (χ2v) is 5.18. The highest BCUT2D eigenvalue weighted by atomic mass is 32.1. The van der Waals surface area contributed by atoms with Crippen molar-refractivity contribution in [3.8, 4) is 0 Å². The van der Waals surface area contributed by atoms with Crippen molar-refractivity contribution in [1.82, 2.24) is 10.7 Å². The van der Waals surface area contributed by atoms with E-state index < -0.39 is 0 Å². The second-order valence-electron chi connectivity index (χ2n) is 4.77. The molecule has 0 saturated carbocycles. The van der Waals surface area contributed by atoms with Crippen molar-refractivity contribution in [3.05, 3.63) is 34.4 Å². The molecule has 2 N–H and O–H groups in total. The Labute approximate surface area is 121 Å². The Kier molecular flexibility index (Phi) is 6.50. The third-order valence-corrected chi connectivity index (χ3v) is 3.30. The fourth-order valence-electron chi connectivity index (χ4n) is 1.70. The summed E-state index contributed by atoms with van der Waals surface area (Å²) in [5, 5.41) is 7.86. The van der Waals surface area contributed by atoms with E-state index in [1.54, 1.807) is 0 Å². The van der Waals surface area contributed by atoms with Gasteiger partial charge >= 0.3 is 0 Å². The minimum atomic E-state index is 0.575. The lowest BCUT2D eigenvalue weighted by Crippen LogP contribution is -2.32. The molecule has 0 amide bonds. The van der Waals surface area contributed by atoms with Crippen LogP contribution in [0.2, 0.25) is 0 Å². The molecule has 0 fully saturated rings. The van der Waals surface area contributed by atoms with Gasteiger partial charge in [0.25, 0.3) is 0 Å². The number of thiocarbonyl (C=S) groups is 1. The molecule has 1 aromatic rings.